The SMILES string of the molecule is COC(=O)C1CCN(C(=O)COC(=O)c2cc3cc(F)ccc3s2)CC1. The zero-order valence-corrected chi connectivity index (χ0v) is 15.0. The van der Waals surface area contributed by atoms with Crippen molar-refractivity contribution in [1.82, 2.24) is 4.90 Å². The number of carbonyl (C=O) groups excluding carboxylic acids is 3. The monoisotopic (exact) mass is 379 g/mol. The minimum absolute atomic E-state index is 0.189. The van der Waals surface area contributed by atoms with Gasteiger partial charge in [0.05, 0.1) is 13.0 Å². The van der Waals surface area contributed by atoms with Crippen molar-refractivity contribution in [3.8, 4) is 0 Å². The quantitative estimate of drug-likeness (QED) is 0.764. The van der Waals surface area contributed by atoms with Gasteiger partial charge in [0, 0.05) is 17.8 Å². The second-order valence-corrected chi connectivity index (χ2v) is 7.13. The number of nitrogens with zero attached hydrogens (tertiary/aromatic N) is 1. The van der Waals surface area contributed by atoms with Crippen LogP contribution in [0.15, 0.2) is 24.3 Å². The first-order valence-electron chi connectivity index (χ1n) is 8.19. The normalized spacial score (nSPS) is 15.1. The summed E-state index contributed by atoms with van der Waals surface area (Å²) < 4.78 is 23.8. The van der Waals surface area contributed by atoms with Crippen LogP contribution in [0.25, 0.3) is 10.1 Å². The molecular weight excluding hydrogens is 361 g/mol. The highest BCUT2D eigenvalue weighted by Crippen LogP contribution is 2.27. The fraction of sp³-hybridized carbons (Fsp3) is 0.389. The molecule has 1 aliphatic heterocycles. The van der Waals surface area contributed by atoms with Crippen molar-refractivity contribution < 1.29 is 28.2 Å². The van der Waals surface area contributed by atoms with Gasteiger partial charge in [0.1, 0.15) is 10.7 Å². The van der Waals surface area contributed by atoms with Crippen molar-refractivity contribution in [2.75, 3.05) is 26.8 Å². The number of carbonyl (C=O) groups is 3. The van der Waals surface area contributed by atoms with Crippen LogP contribution >= 0.6 is 11.3 Å². The van der Waals surface area contributed by atoms with Crippen LogP contribution in [-0.2, 0) is 19.1 Å². The molecule has 1 saturated heterocycles. The number of piperidine rings is 1. The van der Waals surface area contributed by atoms with Crippen LogP contribution in [0.1, 0.15) is 22.5 Å². The van der Waals surface area contributed by atoms with Crippen LogP contribution in [0.2, 0.25) is 0 Å². The number of esters is 2. The summed E-state index contributed by atoms with van der Waals surface area (Å²) in [6.07, 6.45) is 1.07. The molecular formula is C18H18FNO5S. The Labute approximate surface area is 153 Å². The average Bonchev–Trinajstić information content (AvgIpc) is 3.08. The lowest BCUT2D eigenvalue weighted by atomic mass is 9.97. The summed E-state index contributed by atoms with van der Waals surface area (Å²) in [6, 6.07) is 5.83. The van der Waals surface area contributed by atoms with Crippen LogP contribution in [0.3, 0.4) is 0 Å². The Morgan fingerprint density at radius 1 is 1.23 bits per heavy atom. The lowest BCUT2D eigenvalue weighted by Crippen LogP contribution is -2.42. The highest BCUT2D eigenvalue weighted by atomic mass is 32.1. The molecule has 6 nitrogen and oxygen atoms in total. The molecule has 8 heteroatoms. The van der Waals surface area contributed by atoms with Crippen LogP contribution in [-0.4, -0.2) is 49.6 Å². The van der Waals surface area contributed by atoms with Crippen molar-refractivity contribution >= 4 is 39.3 Å². The maximum Gasteiger partial charge on any atom is 0.348 e. The number of hydrogen-bond acceptors (Lipinski definition) is 6. The molecule has 1 aromatic heterocycles. The van der Waals surface area contributed by atoms with Crippen LogP contribution < -0.4 is 0 Å². The van der Waals surface area contributed by atoms with E-state index in [2.05, 4.69) is 0 Å². The van der Waals surface area contributed by atoms with Gasteiger partial charge in [-0.3, -0.25) is 9.59 Å². The Morgan fingerprint density at radius 2 is 1.96 bits per heavy atom. The van der Waals surface area contributed by atoms with E-state index in [-0.39, 0.29) is 30.2 Å². The number of likely N-dealkylation sites (tertiary alicyclic amines) is 1. The van der Waals surface area contributed by atoms with Gasteiger partial charge in [0.2, 0.25) is 0 Å². The molecule has 0 spiro atoms. The van der Waals surface area contributed by atoms with Crippen molar-refractivity contribution in [2.24, 2.45) is 5.92 Å². The summed E-state index contributed by atoms with van der Waals surface area (Å²) in [6.45, 7) is 0.501. The molecule has 1 aliphatic rings. The highest BCUT2D eigenvalue weighted by molar-refractivity contribution is 7.20. The number of hydrogen-bond donors (Lipinski definition) is 0. The van der Waals surface area contributed by atoms with E-state index in [9.17, 15) is 18.8 Å². The van der Waals surface area contributed by atoms with Crippen molar-refractivity contribution in [2.45, 2.75) is 12.8 Å². The Morgan fingerprint density at radius 3 is 2.65 bits per heavy atom. The molecule has 0 radical (unpaired) electrons. The highest BCUT2D eigenvalue weighted by Gasteiger charge is 2.28. The van der Waals surface area contributed by atoms with Gasteiger partial charge in [-0.15, -0.1) is 11.3 Å². The molecule has 0 atom stereocenters. The smallest absolute Gasteiger partial charge is 0.348 e. The topological polar surface area (TPSA) is 72.9 Å². The summed E-state index contributed by atoms with van der Waals surface area (Å²) in [5.41, 5.74) is 0. The minimum atomic E-state index is -0.607. The summed E-state index contributed by atoms with van der Waals surface area (Å²) in [5, 5.41) is 0.623. The van der Waals surface area contributed by atoms with Crippen molar-refractivity contribution in [3.63, 3.8) is 0 Å². The predicted octanol–water partition coefficient (Wildman–Crippen LogP) is 2.61. The number of methoxy groups -OCH3 is 1. The number of rotatable bonds is 4. The lowest BCUT2D eigenvalue weighted by molar-refractivity contribution is -0.149. The van der Waals surface area contributed by atoms with Gasteiger partial charge >= 0.3 is 11.9 Å². The lowest BCUT2D eigenvalue weighted by Gasteiger charge is -2.30. The van der Waals surface area contributed by atoms with Gasteiger partial charge < -0.3 is 14.4 Å². The molecule has 3 rings (SSSR count). The van der Waals surface area contributed by atoms with Gasteiger partial charge in [-0.2, -0.15) is 0 Å². The van der Waals surface area contributed by atoms with E-state index in [1.165, 1.54) is 30.6 Å². The molecule has 26 heavy (non-hydrogen) atoms. The molecule has 0 saturated carbocycles. The first-order chi connectivity index (χ1) is 12.5. The second-order valence-electron chi connectivity index (χ2n) is 6.05. The zero-order valence-electron chi connectivity index (χ0n) is 14.2. The summed E-state index contributed by atoms with van der Waals surface area (Å²) in [4.78, 5) is 37.7. The van der Waals surface area contributed by atoms with Gasteiger partial charge in [0.15, 0.2) is 6.61 Å². The molecule has 2 heterocycles. The first kappa shape index (κ1) is 18.3. The van der Waals surface area contributed by atoms with E-state index in [4.69, 9.17) is 9.47 Å². The third-order valence-corrected chi connectivity index (χ3v) is 5.48. The molecule has 138 valence electrons. The van der Waals surface area contributed by atoms with Crippen LogP contribution in [0.4, 0.5) is 4.39 Å². The standard InChI is InChI=1S/C18H18FNO5S/c1-24-17(22)11-4-6-20(7-5-11)16(21)10-25-18(23)15-9-12-8-13(19)2-3-14(12)26-15/h2-3,8-9,11H,4-7,10H2,1H3. The number of amides is 1. The second kappa shape index (κ2) is 7.82. The Kier molecular flexibility index (Phi) is 5.51. The molecule has 0 bridgehead atoms. The molecule has 1 aromatic carbocycles. The van der Waals surface area contributed by atoms with Crippen molar-refractivity contribution in [3.05, 3.63) is 35.0 Å². The van der Waals surface area contributed by atoms with Gasteiger partial charge in [-0.1, -0.05) is 0 Å². The maximum absolute atomic E-state index is 13.2. The maximum atomic E-state index is 13.2. The number of benzene rings is 1. The fourth-order valence-corrected chi connectivity index (χ4v) is 3.87. The molecule has 0 N–H and O–H groups in total. The molecule has 2 aromatic rings. The molecule has 0 unspecified atom stereocenters. The first-order valence-corrected chi connectivity index (χ1v) is 9.01. The van der Waals surface area contributed by atoms with Gasteiger partial charge in [0.25, 0.3) is 5.91 Å². The minimum Gasteiger partial charge on any atom is -0.469 e. The van der Waals surface area contributed by atoms with E-state index in [0.29, 0.717) is 36.2 Å². The fourth-order valence-electron chi connectivity index (χ4n) is 2.94. The van der Waals surface area contributed by atoms with E-state index >= 15 is 0 Å². The number of ether oxygens (including phenoxy) is 2. The van der Waals surface area contributed by atoms with E-state index < -0.39 is 5.97 Å². The predicted molar refractivity (Wildman–Crippen MR) is 93.4 cm³/mol. The summed E-state index contributed by atoms with van der Waals surface area (Å²) in [5.74, 6) is -1.73. The van der Waals surface area contributed by atoms with E-state index in [1.807, 2.05) is 0 Å². The summed E-state index contributed by atoms with van der Waals surface area (Å²) in [7, 11) is 1.35. The third kappa shape index (κ3) is 4.01. The Bertz CT molecular complexity index is 841. The zero-order chi connectivity index (χ0) is 18.7. The van der Waals surface area contributed by atoms with Crippen LogP contribution in [0, 0.1) is 11.7 Å². The number of halogens is 1. The number of fused-ring (bicyclic) bond motifs is 1. The molecule has 0 aliphatic carbocycles. The Balaban J connectivity index is 1.52. The van der Waals surface area contributed by atoms with Crippen LogP contribution in [0.5, 0.6) is 0 Å². The largest absolute Gasteiger partial charge is 0.469 e. The number of thiophene rings is 1. The molecule has 1 amide bonds. The average molecular weight is 379 g/mol. The molecule has 1 fully saturated rings. The van der Waals surface area contributed by atoms with Crippen molar-refractivity contribution in [1.29, 1.82) is 0 Å². The Hall–Kier alpha value is -2.48. The third-order valence-electron chi connectivity index (χ3n) is 4.39. The summed E-state index contributed by atoms with van der Waals surface area (Å²) >= 11 is 1.19. The van der Waals surface area contributed by atoms with Gasteiger partial charge in [-0.25, -0.2) is 9.18 Å². The van der Waals surface area contributed by atoms with Gasteiger partial charge in [-0.05, 0) is 42.5 Å². The van der Waals surface area contributed by atoms with E-state index in [1.54, 1.807) is 17.0 Å². The van der Waals surface area contributed by atoms with E-state index in [0.717, 1.165) is 4.70 Å².